The van der Waals surface area contributed by atoms with Crippen molar-refractivity contribution < 1.29 is 19.4 Å². The highest BCUT2D eigenvalue weighted by molar-refractivity contribution is 7.99. The molecule has 0 saturated carbocycles. The fraction of sp³-hybridized carbons (Fsp3) is 0.600. The molecular formula is C25H37NO4S. The number of rotatable bonds is 11. The van der Waals surface area contributed by atoms with Crippen molar-refractivity contribution in [1.82, 2.24) is 4.90 Å². The van der Waals surface area contributed by atoms with Gasteiger partial charge in [0, 0.05) is 12.2 Å². The van der Waals surface area contributed by atoms with Gasteiger partial charge in [0.1, 0.15) is 11.0 Å². The Labute approximate surface area is 191 Å². The van der Waals surface area contributed by atoms with Gasteiger partial charge in [-0.25, -0.2) is 4.79 Å². The van der Waals surface area contributed by atoms with Crippen molar-refractivity contribution in [3.05, 3.63) is 48.0 Å². The molecule has 0 spiro atoms. The summed E-state index contributed by atoms with van der Waals surface area (Å²) in [6.07, 6.45) is 11.6. The van der Waals surface area contributed by atoms with Gasteiger partial charge >= 0.3 is 12.1 Å². The molecule has 0 aromatic heterocycles. The van der Waals surface area contributed by atoms with Crippen LogP contribution in [0.3, 0.4) is 0 Å². The summed E-state index contributed by atoms with van der Waals surface area (Å²) in [5, 5.41) is 8.62. The first kappa shape index (κ1) is 25.3. The smallest absolute Gasteiger partial charge is 0.411 e. The number of unbranched alkanes of at least 4 members (excludes halogenated alkanes) is 6. The molecule has 1 fully saturated rings. The topological polar surface area (TPSA) is 66.8 Å². The molecule has 0 radical (unpaired) electrons. The minimum atomic E-state index is -0.704. The third-order valence-corrected chi connectivity index (χ3v) is 6.44. The Morgan fingerprint density at radius 2 is 1.74 bits per heavy atom. The van der Waals surface area contributed by atoms with Crippen LogP contribution in [0.25, 0.3) is 0 Å². The van der Waals surface area contributed by atoms with E-state index in [4.69, 9.17) is 9.84 Å². The van der Waals surface area contributed by atoms with E-state index in [2.05, 4.69) is 24.3 Å². The van der Waals surface area contributed by atoms with E-state index in [1.807, 2.05) is 43.9 Å². The molecule has 1 aromatic carbocycles. The van der Waals surface area contributed by atoms with Crippen LogP contribution in [-0.2, 0) is 9.53 Å². The quantitative estimate of drug-likeness (QED) is 0.298. The first-order valence-corrected chi connectivity index (χ1v) is 12.4. The van der Waals surface area contributed by atoms with E-state index in [1.54, 1.807) is 11.8 Å². The van der Waals surface area contributed by atoms with E-state index in [0.717, 1.165) is 56.3 Å². The number of thioether (sulfide) groups is 1. The van der Waals surface area contributed by atoms with Crippen LogP contribution in [0.4, 0.5) is 4.79 Å². The zero-order valence-electron chi connectivity index (χ0n) is 19.1. The van der Waals surface area contributed by atoms with Crippen molar-refractivity contribution in [1.29, 1.82) is 0 Å². The monoisotopic (exact) mass is 447 g/mol. The molecule has 0 aliphatic carbocycles. The van der Waals surface area contributed by atoms with Gasteiger partial charge < -0.3 is 9.84 Å². The fourth-order valence-corrected chi connectivity index (χ4v) is 5.00. The Balaban J connectivity index is 1.84. The van der Waals surface area contributed by atoms with Crippen LogP contribution in [0, 0.1) is 0 Å². The molecule has 1 heterocycles. The number of nitrogens with zero attached hydrogens (tertiary/aromatic N) is 1. The summed E-state index contributed by atoms with van der Waals surface area (Å²) >= 11 is 1.78. The maximum absolute atomic E-state index is 13.0. The van der Waals surface area contributed by atoms with Crippen molar-refractivity contribution in [2.75, 3.05) is 5.75 Å². The molecule has 6 heteroatoms. The zero-order chi connectivity index (χ0) is 22.7. The van der Waals surface area contributed by atoms with E-state index in [-0.39, 0.29) is 23.9 Å². The third kappa shape index (κ3) is 9.38. The lowest BCUT2D eigenvalue weighted by Gasteiger charge is -2.31. The molecule has 5 nitrogen and oxygen atoms in total. The van der Waals surface area contributed by atoms with Gasteiger partial charge in [0.2, 0.25) is 0 Å². The van der Waals surface area contributed by atoms with Gasteiger partial charge in [0.15, 0.2) is 0 Å². The van der Waals surface area contributed by atoms with Gasteiger partial charge in [0.05, 0.1) is 6.04 Å². The van der Waals surface area contributed by atoms with Crippen LogP contribution in [0.5, 0.6) is 0 Å². The number of carbonyl (C=O) groups is 2. The molecule has 1 saturated heterocycles. The Morgan fingerprint density at radius 3 is 2.39 bits per heavy atom. The summed E-state index contributed by atoms with van der Waals surface area (Å²) in [4.78, 5) is 25.4. The van der Waals surface area contributed by atoms with Crippen LogP contribution in [0.2, 0.25) is 0 Å². The molecule has 1 amide bonds. The molecule has 1 aliphatic heterocycles. The number of benzene rings is 1. The van der Waals surface area contributed by atoms with E-state index in [0.29, 0.717) is 0 Å². The lowest BCUT2D eigenvalue weighted by Crippen LogP contribution is -2.40. The van der Waals surface area contributed by atoms with Gasteiger partial charge in [-0.1, -0.05) is 68.2 Å². The molecule has 0 bridgehead atoms. The highest BCUT2D eigenvalue weighted by Gasteiger charge is 2.39. The lowest BCUT2D eigenvalue weighted by molar-refractivity contribution is -0.137. The van der Waals surface area contributed by atoms with E-state index in [9.17, 15) is 9.59 Å². The second kappa shape index (κ2) is 12.8. The number of hydrogen-bond acceptors (Lipinski definition) is 4. The molecule has 31 heavy (non-hydrogen) atoms. The largest absolute Gasteiger partial charge is 0.481 e. The summed E-state index contributed by atoms with van der Waals surface area (Å²) in [5.74, 6) is 0.156. The normalized spacial score (nSPS) is 19.1. The van der Waals surface area contributed by atoms with Crippen LogP contribution < -0.4 is 0 Å². The van der Waals surface area contributed by atoms with Gasteiger partial charge in [-0.2, -0.15) is 0 Å². The first-order chi connectivity index (χ1) is 14.8. The highest BCUT2D eigenvalue weighted by atomic mass is 32.2. The SMILES string of the molecule is CC(C)(C)OC(=O)N1[C@H](C=CCCCCCCCCC(=O)O)CS[C@@H]1c1ccccc1. The van der Waals surface area contributed by atoms with Crippen molar-refractivity contribution in [2.45, 2.75) is 89.2 Å². The number of amides is 1. The molecule has 1 aliphatic rings. The Hall–Kier alpha value is -1.95. The predicted octanol–water partition coefficient (Wildman–Crippen LogP) is 6.80. The van der Waals surface area contributed by atoms with Gasteiger partial charge in [-0.15, -0.1) is 11.8 Å². The molecular weight excluding hydrogens is 410 g/mol. The Bertz CT molecular complexity index is 714. The van der Waals surface area contributed by atoms with E-state index < -0.39 is 11.6 Å². The lowest BCUT2D eigenvalue weighted by atomic mass is 10.1. The second-order valence-electron chi connectivity index (χ2n) is 9.03. The summed E-state index contributed by atoms with van der Waals surface area (Å²) in [7, 11) is 0. The number of carboxylic acid groups (broad SMARTS) is 1. The van der Waals surface area contributed by atoms with Crippen LogP contribution in [0.15, 0.2) is 42.5 Å². The average molecular weight is 448 g/mol. The van der Waals surface area contributed by atoms with Crippen LogP contribution >= 0.6 is 11.8 Å². The van der Waals surface area contributed by atoms with Crippen molar-refractivity contribution in [3.8, 4) is 0 Å². The molecule has 1 N–H and O–H groups in total. The van der Waals surface area contributed by atoms with Gasteiger partial charge in [-0.3, -0.25) is 9.69 Å². The molecule has 2 rings (SSSR count). The number of ether oxygens (including phenoxy) is 1. The first-order valence-electron chi connectivity index (χ1n) is 11.3. The summed E-state index contributed by atoms with van der Waals surface area (Å²) < 4.78 is 5.71. The molecule has 2 atom stereocenters. The zero-order valence-corrected chi connectivity index (χ0v) is 19.9. The average Bonchev–Trinajstić information content (AvgIpc) is 3.12. The number of carbonyl (C=O) groups excluding carboxylic acids is 1. The van der Waals surface area contributed by atoms with Crippen molar-refractivity contribution in [2.24, 2.45) is 0 Å². The summed E-state index contributed by atoms with van der Waals surface area (Å²) in [6, 6.07) is 10.2. The maximum Gasteiger partial charge on any atom is 0.411 e. The maximum atomic E-state index is 13.0. The molecule has 0 unspecified atom stereocenters. The number of carboxylic acids is 1. The fourth-order valence-electron chi connectivity index (χ4n) is 3.59. The van der Waals surface area contributed by atoms with E-state index in [1.165, 1.54) is 0 Å². The number of aliphatic carboxylic acids is 1. The minimum Gasteiger partial charge on any atom is -0.481 e. The van der Waals surface area contributed by atoms with Gasteiger partial charge in [0.25, 0.3) is 0 Å². The Kier molecular flexibility index (Phi) is 10.4. The van der Waals surface area contributed by atoms with Crippen molar-refractivity contribution >= 4 is 23.8 Å². The highest BCUT2D eigenvalue weighted by Crippen LogP contribution is 2.42. The predicted molar refractivity (Wildman–Crippen MR) is 127 cm³/mol. The number of hydrogen-bond donors (Lipinski definition) is 1. The van der Waals surface area contributed by atoms with Gasteiger partial charge in [-0.05, 0) is 45.6 Å². The van der Waals surface area contributed by atoms with Crippen LogP contribution in [-0.4, -0.2) is 39.5 Å². The molecule has 1 aromatic rings. The second-order valence-corrected chi connectivity index (χ2v) is 10.1. The van der Waals surface area contributed by atoms with Crippen molar-refractivity contribution in [3.63, 3.8) is 0 Å². The Morgan fingerprint density at radius 1 is 1.10 bits per heavy atom. The van der Waals surface area contributed by atoms with Crippen LogP contribution in [0.1, 0.15) is 83.1 Å². The summed E-state index contributed by atoms with van der Waals surface area (Å²) in [5.41, 5.74) is 0.599. The minimum absolute atomic E-state index is 0.0288. The number of allylic oxidation sites excluding steroid dienone is 1. The third-order valence-electron chi connectivity index (χ3n) is 5.09. The summed E-state index contributed by atoms with van der Waals surface area (Å²) in [6.45, 7) is 5.70. The van der Waals surface area contributed by atoms with E-state index >= 15 is 0 Å². The molecule has 172 valence electrons. The standard InChI is InChI=1S/C25H37NO4S/c1-25(2,3)30-24(29)26-21(19-31-23(26)20-15-11-10-12-16-20)17-13-8-6-4-5-7-9-14-18-22(27)28/h10-13,15-17,21,23H,4-9,14,18-19H2,1-3H3,(H,27,28)/t21-,23-/m1/s1.